The molecule has 0 aliphatic carbocycles. The molecule has 0 N–H and O–H groups in total. The molecule has 0 bridgehead atoms. The van der Waals surface area contributed by atoms with Crippen LogP contribution < -0.4 is 0 Å². The van der Waals surface area contributed by atoms with Gasteiger partial charge >= 0.3 is 0 Å². The Hall–Kier alpha value is -2.37. The van der Waals surface area contributed by atoms with E-state index in [1.54, 1.807) is 31.6 Å². The first-order chi connectivity index (χ1) is 11.6. The highest BCUT2D eigenvalue weighted by atomic mass is 35.5. The quantitative estimate of drug-likeness (QED) is 0.765. The number of amidine groups is 1. The molecule has 0 atom stereocenters. The highest BCUT2D eigenvalue weighted by molar-refractivity contribution is 8.18. The molecule has 24 heavy (non-hydrogen) atoms. The largest absolute Gasteiger partial charge is 0.290 e. The number of pyridine rings is 1. The Bertz CT molecular complexity index is 832. The molecular formula is C18H14ClN3OS. The first-order valence-corrected chi connectivity index (χ1v) is 8.41. The third-order valence-electron chi connectivity index (χ3n) is 3.25. The van der Waals surface area contributed by atoms with Crippen LogP contribution in [0.3, 0.4) is 0 Å². The van der Waals surface area contributed by atoms with Crippen LogP contribution in [0.25, 0.3) is 6.08 Å². The number of allylic oxidation sites excluding steroid dienone is 2. The number of hydrogen-bond acceptors (Lipinski definition) is 4. The van der Waals surface area contributed by atoms with Crippen molar-refractivity contribution in [3.05, 3.63) is 76.4 Å². The lowest BCUT2D eigenvalue weighted by Crippen LogP contribution is -2.23. The normalized spacial score (nSPS) is 18.7. The van der Waals surface area contributed by atoms with Gasteiger partial charge in [0.2, 0.25) is 0 Å². The molecule has 1 aromatic heterocycles. The van der Waals surface area contributed by atoms with Crippen molar-refractivity contribution < 1.29 is 4.79 Å². The van der Waals surface area contributed by atoms with E-state index in [4.69, 9.17) is 11.6 Å². The summed E-state index contributed by atoms with van der Waals surface area (Å²) >= 11 is 7.56. The number of likely N-dealkylation sites (N-methyl/N-ethyl adjacent to an activating group) is 1. The molecule has 3 rings (SSSR count). The van der Waals surface area contributed by atoms with Gasteiger partial charge in [0.15, 0.2) is 5.17 Å². The van der Waals surface area contributed by atoms with Crippen molar-refractivity contribution in [2.45, 2.75) is 0 Å². The molecule has 0 radical (unpaired) electrons. The fourth-order valence-electron chi connectivity index (χ4n) is 2.06. The predicted octanol–water partition coefficient (Wildman–Crippen LogP) is 4.44. The molecule has 1 saturated heterocycles. The van der Waals surface area contributed by atoms with Gasteiger partial charge in [-0.25, -0.2) is 4.99 Å². The van der Waals surface area contributed by atoms with Gasteiger partial charge in [-0.15, -0.1) is 0 Å². The number of benzene rings is 1. The van der Waals surface area contributed by atoms with Crippen molar-refractivity contribution in [2.24, 2.45) is 4.99 Å². The van der Waals surface area contributed by atoms with Gasteiger partial charge in [-0.1, -0.05) is 41.9 Å². The van der Waals surface area contributed by atoms with Crippen LogP contribution >= 0.6 is 23.4 Å². The highest BCUT2D eigenvalue weighted by Crippen LogP contribution is 2.33. The van der Waals surface area contributed by atoms with Crippen LogP contribution in [-0.4, -0.2) is 28.0 Å². The van der Waals surface area contributed by atoms with E-state index in [0.29, 0.717) is 20.8 Å². The first-order valence-electron chi connectivity index (χ1n) is 7.22. The van der Waals surface area contributed by atoms with Gasteiger partial charge in [-0.3, -0.25) is 14.7 Å². The molecule has 0 saturated carbocycles. The summed E-state index contributed by atoms with van der Waals surface area (Å²) in [4.78, 5) is 22.9. The molecule has 2 heterocycles. The van der Waals surface area contributed by atoms with Crippen molar-refractivity contribution in [3.63, 3.8) is 0 Å². The second kappa shape index (κ2) is 7.47. The minimum absolute atomic E-state index is 0.123. The molecule has 1 fully saturated rings. The van der Waals surface area contributed by atoms with Crippen LogP contribution in [-0.2, 0) is 4.79 Å². The van der Waals surface area contributed by atoms with Crippen molar-refractivity contribution in [3.8, 4) is 0 Å². The Kier molecular flexibility index (Phi) is 5.13. The van der Waals surface area contributed by atoms with Crippen molar-refractivity contribution >= 4 is 46.2 Å². The van der Waals surface area contributed by atoms with Crippen LogP contribution in [0.4, 0.5) is 5.69 Å². The number of thioether (sulfide) groups is 1. The fraction of sp³-hybridized carbons (Fsp3) is 0.0556. The number of nitrogens with zero attached hydrogens (tertiary/aromatic N) is 3. The fourth-order valence-corrected chi connectivity index (χ4v) is 3.33. The maximum absolute atomic E-state index is 12.3. The molecule has 1 aliphatic heterocycles. The summed E-state index contributed by atoms with van der Waals surface area (Å²) in [6.45, 7) is 0. The Morgan fingerprint density at radius 2 is 2.04 bits per heavy atom. The smallest absolute Gasteiger partial charge is 0.266 e. The number of rotatable bonds is 3. The van der Waals surface area contributed by atoms with Crippen LogP contribution in [0.1, 0.15) is 5.56 Å². The third-order valence-corrected chi connectivity index (χ3v) is 4.53. The van der Waals surface area contributed by atoms with E-state index in [9.17, 15) is 4.79 Å². The summed E-state index contributed by atoms with van der Waals surface area (Å²) in [6, 6.07) is 13.4. The Labute approximate surface area is 149 Å². The minimum Gasteiger partial charge on any atom is -0.290 e. The van der Waals surface area contributed by atoms with Gasteiger partial charge in [-0.2, -0.15) is 0 Å². The van der Waals surface area contributed by atoms with Gasteiger partial charge in [0.25, 0.3) is 5.91 Å². The number of aliphatic imine (C=N–C) groups is 1. The number of halogens is 1. The second-order valence-electron chi connectivity index (χ2n) is 5.02. The molecule has 2 aromatic rings. The van der Waals surface area contributed by atoms with E-state index in [1.807, 2.05) is 42.5 Å². The number of carbonyl (C=O) groups is 1. The molecule has 1 aliphatic rings. The molecule has 120 valence electrons. The molecule has 4 nitrogen and oxygen atoms in total. The second-order valence-corrected chi connectivity index (χ2v) is 6.47. The average Bonchev–Trinajstić information content (AvgIpc) is 2.85. The number of carbonyl (C=O) groups excluding carboxylic acids is 1. The van der Waals surface area contributed by atoms with E-state index >= 15 is 0 Å². The number of aromatic nitrogens is 1. The zero-order valence-electron chi connectivity index (χ0n) is 12.9. The van der Waals surface area contributed by atoms with Gasteiger partial charge in [-0.05, 0) is 41.6 Å². The van der Waals surface area contributed by atoms with Crippen LogP contribution in [0.2, 0.25) is 0 Å². The van der Waals surface area contributed by atoms with Gasteiger partial charge in [0, 0.05) is 18.3 Å². The summed E-state index contributed by atoms with van der Waals surface area (Å²) in [7, 11) is 1.69. The number of hydrogen-bond donors (Lipinski definition) is 0. The van der Waals surface area contributed by atoms with Crippen LogP contribution in [0.15, 0.2) is 75.9 Å². The van der Waals surface area contributed by atoms with Gasteiger partial charge in [0.05, 0.1) is 16.8 Å². The van der Waals surface area contributed by atoms with Crippen molar-refractivity contribution in [1.29, 1.82) is 0 Å². The van der Waals surface area contributed by atoms with E-state index in [1.165, 1.54) is 16.7 Å². The van der Waals surface area contributed by atoms with E-state index < -0.39 is 0 Å². The molecule has 0 unspecified atom stereocenters. The maximum atomic E-state index is 12.3. The Morgan fingerprint density at radius 1 is 1.25 bits per heavy atom. The lowest BCUT2D eigenvalue weighted by atomic mass is 10.2. The molecule has 1 aromatic carbocycles. The van der Waals surface area contributed by atoms with Crippen molar-refractivity contribution in [1.82, 2.24) is 9.88 Å². The van der Waals surface area contributed by atoms with Crippen LogP contribution in [0, 0.1) is 0 Å². The lowest BCUT2D eigenvalue weighted by molar-refractivity contribution is -0.121. The SMILES string of the molecule is CN1C(=O)/C(=C/C(Cl)=C/c2ccccc2)SC1=Nc1cccnc1. The molecule has 6 heteroatoms. The van der Waals surface area contributed by atoms with E-state index in [2.05, 4.69) is 9.98 Å². The zero-order chi connectivity index (χ0) is 16.9. The average molecular weight is 356 g/mol. The Balaban J connectivity index is 1.83. The maximum Gasteiger partial charge on any atom is 0.266 e. The Morgan fingerprint density at radius 3 is 2.75 bits per heavy atom. The summed E-state index contributed by atoms with van der Waals surface area (Å²) in [6.07, 6.45) is 6.82. The number of amides is 1. The molecule has 0 spiro atoms. The third kappa shape index (κ3) is 3.93. The minimum atomic E-state index is -0.123. The molecular weight excluding hydrogens is 342 g/mol. The zero-order valence-corrected chi connectivity index (χ0v) is 14.5. The van der Waals surface area contributed by atoms with E-state index in [-0.39, 0.29) is 5.91 Å². The standard InChI is InChI=1S/C18H14ClN3OS/c1-22-17(23)16(11-14(19)10-13-6-3-2-4-7-13)24-18(22)21-15-8-5-9-20-12-15/h2-12H,1H3/b14-10-,16-11-,21-18?. The predicted molar refractivity (Wildman–Crippen MR) is 100 cm³/mol. The summed E-state index contributed by atoms with van der Waals surface area (Å²) in [5, 5.41) is 1.09. The summed E-state index contributed by atoms with van der Waals surface area (Å²) in [5.74, 6) is -0.123. The van der Waals surface area contributed by atoms with Gasteiger partial charge in [0.1, 0.15) is 0 Å². The van der Waals surface area contributed by atoms with E-state index in [0.717, 1.165) is 5.56 Å². The summed E-state index contributed by atoms with van der Waals surface area (Å²) < 4.78 is 0. The van der Waals surface area contributed by atoms with Gasteiger partial charge < -0.3 is 0 Å². The van der Waals surface area contributed by atoms with Crippen molar-refractivity contribution in [2.75, 3.05) is 7.05 Å². The first kappa shape index (κ1) is 16.5. The topological polar surface area (TPSA) is 45.6 Å². The highest BCUT2D eigenvalue weighted by Gasteiger charge is 2.30. The lowest BCUT2D eigenvalue weighted by Gasteiger charge is -2.06. The monoisotopic (exact) mass is 355 g/mol. The molecule has 1 amide bonds. The summed E-state index contributed by atoms with van der Waals surface area (Å²) in [5.41, 5.74) is 1.68. The van der Waals surface area contributed by atoms with Crippen LogP contribution in [0.5, 0.6) is 0 Å².